The Balaban J connectivity index is 1.95. The van der Waals surface area contributed by atoms with Gasteiger partial charge in [0, 0.05) is 18.6 Å². The molecule has 1 aliphatic heterocycles. The summed E-state index contributed by atoms with van der Waals surface area (Å²) in [5, 5.41) is 3.53. The van der Waals surface area contributed by atoms with Crippen molar-refractivity contribution in [2.45, 2.75) is 58.0 Å². The van der Waals surface area contributed by atoms with Crippen LogP contribution in [0.1, 0.15) is 46.0 Å². The van der Waals surface area contributed by atoms with Crippen LogP contribution in [-0.2, 0) is 0 Å². The zero-order valence-electron chi connectivity index (χ0n) is 10.3. The van der Waals surface area contributed by atoms with Crippen molar-refractivity contribution in [2.24, 2.45) is 5.92 Å². The van der Waals surface area contributed by atoms with Crippen LogP contribution < -0.4 is 5.32 Å². The Hall–Kier alpha value is -0.0800. The molecule has 1 saturated carbocycles. The van der Waals surface area contributed by atoms with Crippen LogP contribution in [0, 0.1) is 5.92 Å². The highest BCUT2D eigenvalue weighted by Crippen LogP contribution is 2.27. The van der Waals surface area contributed by atoms with E-state index in [0.29, 0.717) is 0 Å². The van der Waals surface area contributed by atoms with Gasteiger partial charge in [-0.2, -0.15) is 0 Å². The van der Waals surface area contributed by atoms with Gasteiger partial charge in [-0.05, 0) is 31.8 Å². The summed E-state index contributed by atoms with van der Waals surface area (Å²) in [5.41, 5.74) is 0. The first kappa shape index (κ1) is 11.4. The standard InChI is InChI=1S/C13H26N2/c1-3-15(12-7-5-4-6-8-12)13-10-14-9-11(13)2/h11-14H,3-10H2,1-2H3. The highest BCUT2D eigenvalue weighted by Gasteiger charge is 2.32. The van der Waals surface area contributed by atoms with Crippen LogP contribution in [0.2, 0.25) is 0 Å². The first-order chi connectivity index (χ1) is 7.33. The minimum absolute atomic E-state index is 0.804. The Morgan fingerprint density at radius 1 is 1.13 bits per heavy atom. The minimum atomic E-state index is 0.804. The molecule has 2 unspecified atom stereocenters. The van der Waals surface area contributed by atoms with Gasteiger partial charge < -0.3 is 5.32 Å². The quantitative estimate of drug-likeness (QED) is 0.768. The fourth-order valence-electron chi connectivity index (χ4n) is 3.42. The molecule has 0 aromatic carbocycles. The molecule has 0 spiro atoms. The molecule has 1 heterocycles. The Kier molecular flexibility index (Phi) is 4.04. The largest absolute Gasteiger partial charge is 0.315 e. The Bertz CT molecular complexity index is 187. The van der Waals surface area contributed by atoms with Gasteiger partial charge in [-0.15, -0.1) is 0 Å². The van der Waals surface area contributed by atoms with Gasteiger partial charge in [0.25, 0.3) is 0 Å². The maximum atomic E-state index is 3.53. The smallest absolute Gasteiger partial charge is 0.0261 e. The molecule has 2 aliphatic rings. The third-order valence-corrected chi connectivity index (χ3v) is 4.31. The van der Waals surface area contributed by atoms with Gasteiger partial charge in [-0.25, -0.2) is 0 Å². The first-order valence-electron chi connectivity index (χ1n) is 6.79. The number of hydrogen-bond acceptors (Lipinski definition) is 2. The molecule has 2 nitrogen and oxygen atoms in total. The molecule has 2 atom stereocenters. The Morgan fingerprint density at radius 2 is 1.87 bits per heavy atom. The zero-order chi connectivity index (χ0) is 10.7. The molecule has 1 aliphatic carbocycles. The summed E-state index contributed by atoms with van der Waals surface area (Å²) in [7, 11) is 0. The SMILES string of the molecule is CCN(C1CCCCC1)C1CNCC1C. The predicted molar refractivity (Wildman–Crippen MR) is 65.1 cm³/mol. The lowest BCUT2D eigenvalue weighted by molar-refractivity contribution is 0.0998. The van der Waals surface area contributed by atoms with Crippen molar-refractivity contribution in [3.8, 4) is 0 Å². The van der Waals surface area contributed by atoms with E-state index in [1.807, 2.05) is 0 Å². The van der Waals surface area contributed by atoms with Gasteiger partial charge in [0.1, 0.15) is 0 Å². The topological polar surface area (TPSA) is 15.3 Å². The highest BCUT2D eigenvalue weighted by molar-refractivity contribution is 4.89. The van der Waals surface area contributed by atoms with Crippen molar-refractivity contribution in [1.29, 1.82) is 0 Å². The second-order valence-corrected chi connectivity index (χ2v) is 5.33. The summed E-state index contributed by atoms with van der Waals surface area (Å²) in [5.74, 6) is 0.840. The Labute approximate surface area is 94.4 Å². The average molecular weight is 210 g/mol. The van der Waals surface area contributed by atoms with Crippen LogP contribution >= 0.6 is 0 Å². The molecular weight excluding hydrogens is 184 g/mol. The highest BCUT2D eigenvalue weighted by atomic mass is 15.2. The van der Waals surface area contributed by atoms with Crippen LogP contribution in [0.4, 0.5) is 0 Å². The molecule has 2 heteroatoms. The molecule has 15 heavy (non-hydrogen) atoms. The van der Waals surface area contributed by atoms with E-state index in [-0.39, 0.29) is 0 Å². The molecule has 0 radical (unpaired) electrons. The van der Waals surface area contributed by atoms with E-state index < -0.39 is 0 Å². The molecule has 0 bridgehead atoms. The lowest BCUT2D eigenvalue weighted by Gasteiger charge is -2.39. The van der Waals surface area contributed by atoms with Gasteiger partial charge in [0.05, 0.1) is 0 Å². The third kappa shape index (κ3) is 2.54. The minimum Gasteiger partial charge on any atom is -0.315 e. The number of hydrogen-bond donors (Lipinski definition) is 1. The van der Waals surface area contributed by atoms with Crippen molar-refractivity contribution in [2.75, 3.05) is 19.6 Å². The van der Waals surface area contributed by atoms with Crippen LogP contribution in [0.25, 0.3) is 0 Å². The lowest BCUT2D eigenvalue weighted by atomic mass is 9.91. The predicted octanol–water partition coefficient (Wildman–Crippen LogP) is 2.25. The monoisotopic (exact) mass is 210 g/mol. The molecule has 2 fully saturated rings. The lowest BCUT2D eigenvalue weighted by Crippen LogP contribution is -2.47. The summed E-state index contributed by atoms with van der Waals surface area (Å²) < 4.78 is 0. The Morgan fingerprint density at radius 3 is 2.40 bits per heavy atom. The number of nitrogens with one attached hydrogen (secondary N) is 1. The van der Waals surface area contributed by atoms with Gasteiger partial charge in [-0.3, -0.25) is 4.90 Å². The molecule has 0 aromatic rings. The second-order valence-electron chi connectivity index (χ2n) is 5.33. The number of likely N-dealkylation sites (N-methyl/N-ethyl adjacent to an activating group) is 1. The summed E-state index contributed by atoms with van der Waals surface area (Å²) in [6.45, 7) is 8.40. The molecule has 1 saturated heterocycles. The molecule has 2 rings (SSSR count). The molecule has 88 valence electrons. The maximum absolute atomic E-state index is 3.53. The van der Waals surface area contributed by atoms with E-state index in [0.717, 1.165) is 18.0 Å². The van der Waals surface area contributed by atoms with Gasteiger partial charge in [0.15, 0.2) is 0 Å². The molecule has 1 N–H and O–H groups in total. The maximum Gasteiger partial charge on any atom is 0.0261 e. The van der Waals surface area contributed by atoms with E-state index in [9.17, 15) is 0 Å². The summed E-state index contributed by atoms with van der Waals surface area (Å²) in [6, 6.07) is 1.69. The van der Waals surface area contributed by atoms with Crippen molar-refractivity contribution in [3.05, 3.63) is 0 Å². The fraction of sp³-hybridized carbons (Fsp3) is 1.00. The van der Waals surface area contributed by atoms with E-state index in [4.69, 9.17) is 0 Å². The number of nitrogens with zero attached hydrogens (tertiary/aromatic N) is 1. The van der Waals surface area contributed by atoms with Gasteiger partial charge in [-0.1, -0.05) is 33.1 Å². The third-order valence-electron chi connectivity index (χ3n) is 4.31. The fourth-order valence-corrected chi connectivity index (χ4v) is 3.42. The van der Waals surface area contributed by atoms with Crippen molar-refractivity contribution in [1.82, 2.24) is 10.2 Å². The van der Waals surface area contributed by atoms with Crippen LogP contribution in [0.5, 0.6) is 0 Å². The van der Waals surface area contributed by atoms with Gasteiger partial charge in [0.2, 0.25) is 0 Å². The summed E-state index contributed by atoms with van der Waals surface area (Å²) in [6.07, 6.45) is 7.26. The molecular formula is C13H26N2. The van der Waals surface area contributed by atoms with E-state index in [1.165, 1.54) is 51.7 Å². The number of rotatable bonds is 3. The van der Waals surface area contributed by atoms with Crippen molar-refractivity contribution < 1.29 is 0 Å². The molecule has 0 amide bonds. The normalized spacial score (nSPS) is 33.8. The summed E-state index contributed by atoms with van der Waals surface area (Å²) >= 11 is 0. The van der Waals surface area contributed by atoms with E-state index >= 15 is 0 Å². The van der Waals surface area contributed by atoms with Crippen molar-refractivity contribution in [3.63, 3.8) is 0 Å². The van der Waals surface area contributed by atoms with E-state index in [1.54, 1.807) is 0 Å². The van der Waals surface area contributed by atoms with Crippen LogP contribution in [0.3, 0.4) is 0 Å². The second kappa shape index (κ2) is 5.31. The summed E-state index contributed by atoms with van der Waals surface area (Å²) in [4.78, 5) is 2.78. The molecule has 0 aromatic heterocycles. The van der Waals surface area contributed by atoms with Crippen LogP contribution in [0.15, 0.2) is 0 Å². The van der Waals surface area contributed by atoms with Crippen molar-refractivity contribution >= 4 is 0 Å². The van der Waals surface area contributed by atoms with E-state index in [2.05, 4.69) is 24.1 Å². The van der Waals surface area contributed by atoms with Crippen LogP contribution in [-0.4, -0.2) is 36.6 Å². The van der Waals surface area contributed by atoms with Gasteiger partial charge >= 0.3 is 0 Å². The first-order valence-corrected chi connectivity index (χ1v) is 6.79. The zero-order valence-corrected chi connectivity index (χ0v) is 10.3. The average Bonchev–Trinajstić information content (AvgIpc) is 2.68.